The van der Waals surface area contributed by atoms with Crippen molar-refractivity contribution in [3.63, 3.8) is 0 Å². The second-order valence-corrected chi connectivity index (χ2v) is 7.49. The zero-order valence-electron chi connectivity index (χ0n) is 17.1. The van der Waals surface area contributed by atoms with E-state index in [1.54, 1.807) is 0 Å². The molecule has 3 aliphatic rings. The average Bonchev–Trinajstić information content (AvgIpc) is 3.44. The van der Waals surface area contributed by atoms with Gasteiger partial charge in [-0.15, -0.1) is 0 Å². The summed E-state index contributed by atoms with van der Waals surface area (Å²) in [6.45, 7) is 7.58. The first-order valence-corrected chi connectivity index (χ1v) is 10.6. The van der Waals surface area contributed by atoms with Gasteiger partial charge in [0.05, 0.1) is 0 Å². The molecule has 8 nitrogen and oxygen atoms in total. The number of amides is 1. The lowest BCUT2D eigenvalue weighted by atomic mass is 10.1. The second kappa shape index (κ2) is 9.35. The highest BCUT2D eigenvalue weighted by molar-refractivity contribution is 5.82. The Kier molecular flexibility index (Phi) is 6.39. The van der Waals surface area contributed by atoms with Crippen LogP contribution in [0.15, 0.2) is 23.2 Å². The van der Waals surface area contributed by atoms with Crippen LogP contribution in [0.25, 0.3) is 0 Å². The van der Waals surface area contributed by atoms with Crippen molar-refractivity contribution in [3.05, 3.63) is 23.8 Å². The van der Waals surface area contributed by atoms with Crippen LogP contribution in [0.1, 0.15) is 25.3 Å². The van der Waals surface area contributed by atoms with E-state index in [2.05, 4.69) is 23.2 Å². The lowest BCUT2D eigenvalue weighted by molar-refractivity contribution is -0.142. The molecule has 0 spiro atoms. The molecule has 0 bridgehead atoms. The standard InChI is InChI=1S/C21H30N4O4/c1-2-22-21(23-8-7-16-5-6-17-19(14-16)29-15-28-17)25-11-9-24(10-12-25)20(26)18-4-3-13-27-18/h5-6,14,18H,2-4,7-13,15H2,1H3,(H,22,23). The molecule has 3 heterocycles. The van der Waals surface area contributed by atoms with Crippen LogP contribution in [0.4, 0.5) is 0 Å². The van der Waals surface area contributed by atoms with Crippen molar-refractivity contribution in [2.45, 2.75) is 32.3 Å². The minimum absolute atomic E-state index is 0.145. The highest BCUT2D eigenvalue weighted by atomic mass is 16.7. The van der Waals surface area contributed by atoms with Crippen LogP contribution in [0.3, 0.4) is 0 Å². The second-order valence-electron chi connectivity index (χ2n) is 7.49. The number of benzene rings is 1. The Morgan fingerprint density at radius 1 is 1.17 bits per heavy atom. The molecule has 0 aliphatic carbocycles. The minimum atomic E-state index is -0.231. The number of nitrogens with zero attached hydrogens (tertiary/aromatic N) is 3. The van der Waals surface area contributed by atoms with Gasteiger partial charge in [-0.3, -0.25) is 9.79 Å². The maximum atomic E-state index is 12.5. The van der Waals surface area contributed by atoms with Crippen molar-refractivity contribution < 1.29 is 19.0 Å². The average molecular weight is 402 g/mol. The molecule has 0 aromatic heterocycles. The molecule has 4 rings (SSSR count). The summed E-state index contributed by atoms with van der Waals surface area (Å²) in [5, 5.41) is 3.38. The van der Waals surface area contributed by atoms with Crippen LogP contribution in [-0.2, 0) is 16.0 Å². The van der Waals surface area contributed by atoms with E-state index in [-0.39, 0.29) is 12.0 Å². The summed E-state index contributed by atoms with van der Waals surface area (Å²) >= 11 is 0. The molecule has 1 atom stereocenters. The predicted molar refractivity (Wildman–Crippen MR) is 109 cm³/mol. The van der Waals surface area contributed by atoms with Crippen LogP contribution in [0.5, 0.6) is 11.5 Å². The normalized spacial score (nSPS) is 21.6. The Morgan fingerprint density at radius 3 is 2.72 bits per heavy atom. The summed E-state index contributed by atoms with van der Waals surface area (Å²) in [4.78, 5) is 21.5. The number of hydrogen-bond acceptors (Lipinski definition) is 5. The highest BCUT2D eigenvalue weighted by Gasteiger charge is 2.30. The molecule has 1 N–H and O–H groups in total. The molecule has 3 aliphatic heterocycles. The maximum absolute atomic E-state index is 12.5. The van der Waals surface area contributed by atoms with Gasteiger partial charge in [-0.05, 0) is 43.9 Å². The van der Waals surface area contributed by atoms with Gasteiger partial charge in [0.15, 0.2) is 17.5 Å². The van der Waals surface area contributed by atoms with Crippen molar-refractivity contribution >= 4 is 11.9 Å². The van der Waals surface area contributed by atoms with Gasteiger partial charge in [0.1, 0.15) is 6.10 Å². The summed E-state index contributed by atoms with van der Waals surface area (Å²) in [6.07, 6.45) is 2.44. The van der Waals surface area contributed by atoms with Crippen molar-refractivity contribution in [2.24, 2.45) is 4.99 Å². The molecule has 158 valence electrons. The fourth-order valence-corrected chi connectivity index (χ4v) is 3.93. The first-order chi connectivity index (χ1) is 14.2. The van der Waals surface area contributed by atoms with E-state index in [1.165, 1.54) is 5.56 Å². The molecule has 8 heteroatoms. The third kappa shape index (κ3) is 4.75. The van der Waals surface area contributed by atoms with E-state index in [0.29, 0.717) is 33.0 Å². The van der Waals surface area contributed by atoms with Gasteiger partial charge < -0.3 is 29.3 Å². The summed E-state index contributed by atoms with van der Waals surface area (Å²) in [5.74, 6) is 2.68. The number of nitrogens with one attached hydrogen (secondary N) is 1. The van der Waals surface area contributed by atoms with E-state index in [4.69, 9.17) is 19.2 Å². The van der Waals surface area contributed by atoms with Gasteiger partial charge in [-0.2, -0.15) is 0 Å². The van der Waals surface area contributed by atoms with Gasteiger partial charge in [0, 0.05) is 45.9 Å². The Morgan fingerprint density at radius 2 is 1.97 bits per heavy atom. The smallest absolute Gasteiger partial charge is 0.251 e. The fourth-order valence-electron chi connectivity index (χ4n) is 3.93. The number of carbonyl (C=O) groups is 1. The Bertz CT molecular complexity index is 740. The van der Waals surface area contributed by atoms with E-state index in [9.17, 15) is 4.79 Å². The van der Waals surface area contributed by atoms with E-state index < -0.39 is 0 Å². The molecule has 1 unspecified atom stereocenters. The van der Waals surface area contributed by atoms with Crippen molar-refractivity contribution in [3.8, 4) is 11.5 Å². The monoisotopic (exact) mass is 402 g/mol. The van der Waals surface area contributed by atoms with Crippen molar-refractivity contribution in [2.75, 3.05) is 52.7 Å². The largest absolute Gasteiger partial charge is 0.454 e. The van der Waals surface area contributed by atoms with Gasteiger partial charge in [-0.25, -0.2) is 0 Å². The van der Waals surface area contributed by atoms with Crippen LogP contribution in [-0.4, -0.2) is 80.4 Å². The summed E-state index contributed by atoms with van der Waals surface area (Å²) in [5.41, 5.74) is 1.18. The zero-order valence-corrected chi connectivity index (χ0v) is 17.1. The third-order valence-corrected chi connectivity index (χ3v) is 5.53. The molecule has 1 amide bonds. The van der Waals surface area contributed by atoms with Crippen LogP contribution in [0.2, 0.25) is 0 Å². The molecule has 2 saturated heterocycles. The Hall–Kier alpha value is -2.48. The zero-order chi connectivity index (χ0) is 20.1. The van der Waals surface area contributed by atoms with Gasteiger partial charge in [0.25, 0.3) is 5.91 Å². The summed E-state index contributed by atoms with van der Waals surface area (Å²) in [6, 6.07) is 6.04. The van der Waals surface area contributed by atoms with E-state index in [0.717, 1.165) is 56.4 Å². The quantitative estimate of drug-likeness (QED) is 0.590. The van der Waals surface area contributed by atoms with Gasteiger partial charge >= 0.3 is 0 Å². The number of piperazine rings is 1. The maximum Gasteiger partial charge on any atom is 0.251 e. The SMILES string of the molecule is CCNC(=NCCc1ccc2c(c1)OCO2)N1CCN(C(=O)C2CCCO2)CC1. The van der Waals surface area contributed by atoms with Gasteiger partial charge in [0.2, 0.25) is 6.79 Å². The van der Waals surface area contributed by atoms with Crippen molar-refractivity contribution in [1.82, 2.24) is 15.1 Å². The van der Waals surface area contributed by atoms with Crippen LogP contribution >= 0.6 is 0 Å². The van der Waals surface area contributed by atoms with E-state index in [1.807, 2.05) is 17.0 Å². The molecule has 1 aromatic rings. The molecular weight excluding hydrogens is 372 g/mol. The number of aliphatic imine (C=N–C) groups is 1. The summed E-state index contributed by atoms with van der Waals surface area (Å²) in [7, 11) is 0. The number of fused-ring (bicyclic) bond motifs is 1. The Labute approximate surface area is 171 Å². The molecule has 0 saturated carbocycles. The first-order valence-electron chi connectivity index (χ1n) is 10.6. The lowest BCUT2D eigenvalue weighted by Crippen LogP contribution is -2.55. The number of guanidine groups is 1. The number of ether oxygens (including phenoxy) is 3. The highest BCUT2D eigenvalue weighted by Crippen LogP contribution is 2.32. The molecule has 1 aromatic carbocycles. The number of rotatable bonds is 5. The first kappa shape index (κ1) is 19.8. The Balaban J connectivity index is 1.30. The summed E-state index contributed by atoms with van der Waals surface area (Å²) < 4.78 is 16.4. The topological polar surface area (TPSA) is 75.6 Å². The third-order valence-electron chi connectivity index (χ3n) is 5.53. The van der Waals surface area contributed by atoms with Gasteiger partial charge in [-0.1, -0.05) is 6.07 Å². The number of hydrogen-bond donors (Lipinski definition) is 1. The van der Waals surface area contributed by atoms with Crippen molar-refractivity contribution in [1.29, 1.82) is 0 Å². The van der Waals surface area contributed by atoms with E-state index >= 15 is 0 Å². The molecule has 0 radical (unpaired) electrons. The fraction of sp³-hybridized carbons (Fsp3) is 0.619. The molecular formula is C21H30N4O4. The molecule has 2 fully saturated rings. The minimum Gasteiger partial charge on any atom is -0.454 e. The molecule has 29 heavy (non-hydrogen) atoms. The lowest BCUT2D eigenvalue weighted by Gasteiger charge is -2.37. The number of carbonyl (C=O) groups excluding carboxylic acids is 1. The van der Waals surface area contributed by atoms with Crippen LogP contribution < -0.4 is 14.8 Å². The predicted octanol–water partition coefficient (Wildman–Crippen LogP) is 1.25. The van der Waals surface area contributed by atoms with Crippen LogP contribution in [0, 0.1) is 0 Å².